The Morgan fingerprint density at radius 2 is 2.33 bits per heavy atom. The highest BCUT2D eigenvalue weighted by Crippen LogP contribution is 2.17. The van der Waals surface area contributed by atoms with E-state index in [0.717, 1.165) is 5.56 Å². The van der Waals surface area contributed by atoms with Gasteiger partial charge in [0.15, 0.2) is 11.6 Å². The summed E-state index contributed by atoms with van der Waals surface area (Å²) in [4.78, 5) is 0. The maximum atomic E-state index is 13.4. The van der Waals surface area contributed by atoms with Gasteiger partial charge in [-0.3, -0.25) is 0 Å². The van der Waals surface area contributed by atoms with Crippen molar-refractivity contribution in [3.05, 3.63) is 29.6 Å². The second-order valence-corrected chi connectivity index (χ2v) is 4.17. The molecule has 1 fully saturated rings. The number of rotatable bonds is 5. The van der Waals surface area contributed by atoms with Gasteiger partial charge in [0.2, 0.25) is 0 Å². The monoisotopic (exact) mass is 255 g/mol. The lowest BCUT2D eigenvalue weighted by atomic mass is 10.2. The first-order chi connectivity index (χ1) is 8.79. The molecule has 1 aliphatic heterocycles. The highest BCUT2D eigenvalue weighted by atomic mass is 19.1. The zero-order valence-electron chi connectivity index (χ0n) is 10.4. The minimum atomic E-state index is -0.339. The molecule has 0 aliphatic carbocycles. The van der Waals surface area contributed by atoms with Gasteiger partial charge in [0.1, 0.15) is 0 Å². The van der Waals surface area contributed by atoms with Crippen LogP contribution in [0.1, 0.15) is 5.56 Å². The van der Waals surface area contributed by atoms with Crippen molar-refractivity contribution < 1.29 is 18.6 Å². The summed E-state index contributed by atoms with van der Waals surface area (Å²) in [6, 6.07) is 4.95. The molecule has 5 heteroatoms. The number of methoxy groups -OCH3 is 1. The molecule has 1 unspecified atom stereocenters. The van der Waals surface area contributed by atoms with Crippen LogP contribution in [0.4, 0.5) is 4.39 Å². The molecule has 1 N–H and O–H groups in total. The predicted molar refractivity (Wildman–Crippen MR) is 65.2 cm³/mol. The van der Waals surface area contributed by atoms with Crippen LogP contribution < -0.4 is 10.1 Å². The summed E-state index contributed by atoms with van der Waals surface area (Å²) in [5.74, 6) is -0.0724. The molecule has 0 saturated carbocycles. The van der Waals surface area contributed by atoms with Crippen LogP contribution >= 0.6 is 0 Å². The predicted octanol–water partition coefficient (Wildman–Crippen LogP) is 1.34. The zero-order valence-corrected chi connectivity index (χ0v) is 10.4. The van der Waals surface area contributed by atoms with Crippen molar-refractivity contribution in [2.24, 2.45) is 0 Å². The second kappa shape index (κ2) is 6.68. The van der Waals surface area contributed by atoms with Gasteiger partial charge in [0, 0.05) is 13.1 Å². The molecule has 100 valence electrons. The highest BCUT2D eigenvalue weighted by Gasteiger charge is 2.13. The van der Waals surface area contributed by atoms with Gasteiger partial charge >= 0.3 is 0 Å². The molecule has 0 aromatic heterocycles. The number of nitrogens with one attached hydrogen (secondary N) is 1. The van der Waals surface area contributed by atoms with Crippen LogP contribution in [-0.4, -0.2) is 39.6 Å². The third-order valence-electron chi connectivity index (χ3n) is 2.80. The number of ether oxygens (including phenoxy) is 3. The summed E-state index contributed by atoms with van der Waals surface area (Å²) in [7, 11) is 1.46. The summed E-state index contributed by atoms with van der Waals surface area (Å²) < 4.78 is 29.1. The van der Waals surface area contributed by atoms with Crippen molar-refractivity contribution in [2.45, 2.75) is 12.6 Å². The van der Waals surface area contributed by atoms with E-state index in [1.807, 2.05) is 6.07 Å². The van der Waals surface area contributed by atoms with E-state index in [2.05, 4.69) is 5.32 Å². The van der Waals surface area contributed by atoms with Gasteiger partial charge in [-0.15, -0.1) is 0 Å². The SMILES string of the molecule is COc1ccc(CNCC2COCCO2)cc1F. The first-order valence-electron chi connectivity index (χ1n) is 6.02. The standard InChI is InChI=1S/C13H18FNO3/c1-16-13-3-2-10(6-12(13)14)7-15-8-11-9-17-4-5-18-11/h2-3,6,11,15H,4-5,7-9H2,1H3. The fourth-order valence-electron chi connectivity index (χ4n) is 1.85. The summed E-state index contributed by atoms with van der Waals surface area (Å²) in [5, 5.41) is 3.22. The normalized spacial score (nSPS) is 19.8. The summed E-state index contributed by atoms with van der Waals surface area (Å²) in [6.07, 6.45) is 0.0850. The van der Waals surface area contributed by atoms with Crippen molar-refractivity contribution in [2.75, 3.05) is 33.5 Å². The van der Waals surface area contributed by atoms with Crippen LogP contribution in [-0.2, 0) is 16.0 Å². The molecule has 1 saturated heterocycles. The average Bonchev–Trinajstić information content (AvgIpc) is 2.40. The smallest absolute Gasteiger partial charge is 0.165 e. The van der Waals surface area contributed by atoms with Gasteiger partial charge in [-0.2, -0.15) is 0 Å². The molecule has 0 bridgehead atoms. The van der Waals surface area contributed by atoms with Crippen LogP contribution in [0.5, 0.6) is 5.75 Å². The van der Waals surface area contributed by atoms with E-state index in [-0.39, 0.29) is 17.7 Å². The molecule has 0 spiro atoms. The number of benzene rings is 1. The maximum absolute atomic E-state index is 13.4. The minimum absolute atomic E-state index is 0.0850. The maximum Gasteiger partial charge on any atom is 0.165 e. The summed E-state index contributed by atoms with van der Waals surface area (Å²) in [5.41, 5.74) is 0.880. The molecule has 2 rings (SSSR count). The molecule has 4 nitrogen and oxygen atoms in total. The van der Waals surface area contributed by atoms with Gasteiger partial charge in [-0.05, 0) is 17.7 Å². The van der Waals surface area contributed by atoms with Crippen LogP contribution in [0.25, 0.3) is 0 Å². The molecule has 18 heavy (non-hydrogen) atoms. The summed E-state index contributed by atoms with van der Waals surface area (Å²) in [6.45, 7) is 3.22. The Hall–Kier alpha value is -1.17. The Morgan fingerprint density at radius 1 is 1.44 bits per heavy atom. The Kier molecular flexibility index (Phi) is 4.92. The molecule has 1 aliphatic rings. The van der Waals surface area contributed by atoms with E-state index in [9.17, 15) is 4.39 Å². The second-order valence-electron chi connectivity index (χ2n) is 4.17. The first-order valence-corrected chi connectivity index (χ1v) is 6.02. The molecule has 1 heterocycles. The largest absolute Gasteiger partial charge is 0.494 e. The van der Waals surface area contributed by atoms with Crippen LogP contribution in [0.3, 0.4) is 0 Å². The third-order valence-corrected chi connectivity index (χ3v) is 2.80. The van der Waals surface area contributed by atoms with Gasteiger partial charge < -0.3 is 19.5 Å². The fraction of sp³-hybridized carbons (Fsp3) is 0.538. The molecular weight excluding hydrogens is 237 g/mol. The Morgan fingerprint density at radius 3 is 3.00 bits per heavy atom. The molecule has 0 amide bonds. The van der Waals surface area contributed by atoms with Crippen molar-refractivity contribution in [3.8, 4) is 5.75 Å². The molecule has 1 aromatic carbocycles. The van der Waals surface area contributed by atoms with Crippen LogP contribution in [0.15, 0.2) is 18.2 Å². The number of hydrogen-bond donors (Lipinski definition) is 1. The van der Waals surface area contributed by atoms with E-state index < -0.39 is 0 Å². The zero-order chi connectivity index (χ0) is 12.8. The van der Waals surface area contributed by atoms with Gasteiger partial charge in [-0.1, -0.05) is 6.07 Å². The fourth-order valence-corrected chi connectivity index (χ4v) is 1.85. The lowest BCUT2D eigenvalue weighted by Gasteiger charge is -2.23. The average molecular weight is 255 g/mol. The molecule has 1 aromatic rings. The summed E-state index contributed by atoms with van der Waals surface area (Å²) >= 11 is 0. The Labute approximate surface area is 106 Å². The van der Waals surface area contributed by atoms with E-state index >= 15 is 0 Å². The molecule has 0 radical (unpaired) electrons. The van der Waals surface area contributed by atoms with E-state index in [0.29, 0.717) is 32.9 Å². The minimum Gasteiger partial charge on any atom is -0.494 e. The van der Waals surface area contributed by atoms with E-state index in [1.165, 1.54) is 13.2 Å². The van der Waals surface area contributed by atoms with Gasteiger partial charge in [0.05, 0.1) is 33.0 Å². The Bertz CT molecular complexity index is 380. The molecular formula is C13H18FNO3. The third kappa shape index (κ3) is 3.66. The highest BCUT2D eigenvalue weighted by molar-refractivity contribution is 5.29. The van der Waals surface area contributed by atoms with Crippen molar-refractivity contribution in [1.82, 2.24) is 5.32 Å². The quantitative estimate of drug-likeness (QED) is 0.862. The van der Waals surface area contributed by atoms with E-state index in [1.54, 1.807) is 6.07 Å². The van der Waals surface area contributed by atoms with Crippen LogP contribution in [0, 0.1) is 5.82 Å². The van der Waals surface area contributed by atoms with Crippen molar-refractivity contribution in [3.63, 3.8) is 0 Å². The van der Waals surface area contributed by atoms with Crippen molar-refractivity contribution in [1.29, 1.82) is 0 Å². The Balaban J connectivity index is 1.77. The lowest BCUT2D eigenvalue weighted by molar-refractivity contribution is -0.0864. The van der Waals surface area contributed by atoms with Gasteiger partial charge in [-0.25, -0.2) is 4.39 Å². The van der Waals surface area contributed by atoms with Crippen LogP contribution in [0.2, 0.25) is 0 Å². The first kappa shape index (κ1) is 13.3. The van der Waals surface area contributed by atoms with Gasteiger partial charge in [0.25, 0.3) is 0 Å². The number of hydrogen-bond acceptors (Lipinski definition) is 4. The lowest BCUT2D eigenvalue weighted by Crippen LogP contribution is -2.37. The topological polar surface area (TPSA) is 39.7 Å². The number of halogens is 1. The van der Waals surface area contributed by atoms with E-state index in [4.69, 9.17) is 14.2 Å². The molecule has 1 atom stereocenters. The van der Waals surface area contributed by atoms with Crippen molar-refractivity contribution >= 4 is 0 Å².